The molecule has 1 amide bonds. The Morgan fingerprint density at radius 2 is 2.00 bits per heavy atom. The Bertz CT molecular complexity index is 529. The van der Waals surface area contributed by atoms with Crippen molar-refractivity contribution in [3.63, 3.8) is 0 Å². The van der Waals surface area contributed by atoms with Crippen molar-refractivity contribution < 1.29 is 18.7 Å². The molecule has 0 bridgehead atoms. The van der Waals surface area contributed by atoms with Crippen LogP contribution in [0.4, 0.5) is 4.39 Å². The zero-order valence-corrected chi connectivity index (χ0v) is 12.7. The van der Waals surface area contributed by atoms with Gasteiger partial charge in [-0.2, -0.15) is 0 Å². The number of hydrogen-bond acceptors (Lipinski definition) is 3. The van der Waals surface area contributed by atoms with Crippen molar-refractivity contribution in [3.05, 3.63) is 34.1 Å². The van der Waals surface area contributed by atoms with E-state index in [9.17, 15) is 14.0 Å². The molecule has 0 aliphatic carbocycles. The molecule has 1 aromatic rings. The van der Waals surface area contributed by atoms with Crippen molar-refractivity contribution in [2.75, 3.05) is 13.1 Å². The lowest BCUT2D eigenvalue weighted by Crippen LogP contribution is -2.38. The monoisotopic (exact) mass is 343 g/mol. The molecule has 0 spiro atoms. The maximum atomic E-state index is 13.6. The summed E-state index contributed by atoms with van der Waals surface area (Å²) in [6.45, 7) is 2.88. The number of halogens is 2. The average molecular weight is 344 g/mol. The second-order valence-electron chi connectivity index (χ2n) is 4.70. The molecular weight excluding hydrogens is 329 g/mol. The molecule has 0 saturated carbocycles. The normalized spacial score (nSPS) is 16.1. The third kappa shape index (κ3) is 3.36. The summed E-state index contributed by atoms with van der Waals surface area (Å²) in [5.41, 5.74) is -0.180. The number of hydrogen-bond donors (Lipinski definition) is 0. The first-order valence-corrected chi connectivity index (χ1v) is 7.23. The van der Waals surface area contributed by atoms with Crippen LogP contribution in [0.2, 0.25) is 0 Å². The maximum absolute atomic E-state index is 13.6. The van der Waals surface area contributed by atoms with Crippen LogP contribution in [0.1, 0.15) is 30.1 Å². The van der Waals surface area contributed by atoms with E-state index >= 15 is 0 Å². The van der Waals surface area contributed by atoms with Crippen molar-refractivity contribution in [1.82, 2.24) is 4.90 Å². The predicted octanol–water partition coefficient (Wildman–Crippen LogP) is 2.76. The Morgan fingerprint density at radius 3 is 2.65 bits per heavy atom. The number of rotatable bonds is 3. The summed E-state index contributed by atoms with van der Waals surface area (Å²) in [6, 6.07) is 4.00. The van der Waals surface area contributed by atoms with Gasteiger partial charge in [-0.05, 0) is 38.0 Å². The molecule has 0 radical (unpaired) electrons. The molecule has 1 atom stereocenters. The highest BCUT2D eigenvalue weighted by atomic mass is 79.9. The first-order valence-electron chi connectivity index (χ1n) is 6.44. The molecule has 1 unspecified atom stereocenters. The fourth-order valence-corrected chi connectivity index (χ4v) is 2.48. The van der Waals surface area contributed by atoms with Gasteiger partial charge in [0.05, 0.1) is 5.56 Å². The predicted molar refractivity (Wildman–Crippen MR) is 74.8 cm³/mol. The van der Waals surface area contributed by atoms with Crippen molar-refractivity contribution >= 4 is 27.8 Å². The fraction of sp³-hybridized carbons (Fsp3) is 0.429. The molecule has 1 aliphatic rings. The second kappa shape index (κ2) is 6.35. The Balaban J connectivity index is 2.03. The number of ether oxygens (including phenoxy) is 1. The lowest BCUT2D eigenvalue weighted by molar-refractivity contribution is -0.138. The SMILES string of the molecule is CC(OC(=O)c1cc(Br)ccc1F)C(=O)N1CCCC1. The molecule has 4 nitrogen and oxygen atoms in total. The van der Waals surface area contributed by atoms with E-state index in [0.29, 0.717) is 17.6 Å². The van der Waals surface area contributed by atoms with E-state index in [2.05, 4.69) is 15.9 Å². The van der Waals surface area contributed by atoms with Crippen molar-refractivity contribution in [2.45, 2.75) is 25.9 Å². The summed E-state index contributed by atoms with van der Waals surface area (Å²) in [6.07, 6.45) is 1.03. The van der Waals surface area contributed by atoms with Crippen LogP contribution in [0.3, 0.4) is 0 Å². The van der Waals surface area contributed by atoms with Gasteiger partial charge < -0.3 is 9.64 Å². The van der Waals surface area contributed by atoms with E-state index < -0.39 is 17.9 Å². The number of esters is 1. The number of amides is 1. The molecular formula is C14H15BrFNO3. The molecule has 1 aliphatic heterocycles. The topological polar surface area (TPSA) is 46.6 Å². The summed E-state index contributed by atoms with van der Waals surface area (Å²) < 4.78 is 19.2. The minimum atomic E-state index is -0.904. The molecule has 2 rings (SSSR count). The quantitative estimate of drug-likeness (QED) is 0.793. The van der Waals surface area contributed by atoms with E-state index in [0.717, 1.165) is 12.8 Å². The Morgan fingerprint density at radius 1 is 1.35 bits per heavy atom. The third-order valence-electron chi connectivity index (χ3n) is 3.20. The molecule has 20 heavy (non-hydrogen) atoms. The first kappa shape index (κ1) is 15.0. The summed E-state index contributed by atoms with van der Waals surface area (Å²) in [5.74, 6) is -1.73. The first-order chi connectivity index (χ1) is 9.49. The van der Waals surface area contributed by atoms with Crippen LogP contribution >= 0.6 is 15.9 Å². The van der Waals surface area contributed by atoms with Crippen LogP contribution in [-0.2, 0) is 9.53 Å². The summed E-state index contributed by atoms with van der Waals surface area (Å²) in [7, 11) is 0. The van der Waals surface area contributed by atoms with Crippen LogP contribution in [0.15, 0.2) is 22.7 Å². The van der Waals surface area contributed by atoms with Crippen LogP contribution in [0.5, 0.6) is 0 Å². The van der Waals surface area contributed by atoms with Gasteiger partial charge in [-0.15, -0.1) is 0 Å². The summed E-state index contributed by atoms with van der Waals surface area (Å²) in [5, 5.41) is 0. The highest BCUT2D eigenvalue weighted by Crippen LogP contribution is 2.18. The van der Waals surface area contributed by atoms with E-state index in [4.69, 9.17) is 4.74 Å². The van der Waals surface area contributed by atoms with Gasteiger partial charge in [0.15, 0.2) is 6.10 Å². The van der Waals surface area contributed by atoms with Crippen molar-refractivity contribution in [2.24, 2.45) is 0 Å². The van der Waals surface area contributed by atoms with Gasteiger partial charge >= 0.3 is 5.97 Å². The summed E-state index contributed by atoms with van der Waals surface area (Å²) in [4.78, 5) is 25.6. The minimum Gasteiger partial charge on any atom is -0.449 e. The number of benzene rings is 1. The van der Waals surface area contributed by atoms with Gasteiger partial charge in [-0.1, -0.05) is 15.9 Å². The molecule has 1 aromatic carbocycles. The lowest BCUT2D eigenvalue weighted by Gasteiger charge is -2.20. The third-order valence-corrected chi connectivity index (χ3v) is 3.69. The number of carbonyl (C=O) groups excluding carboxylic acids is 2. The van der Waals surface area contributed by atoms with E-state index in [-0.39, 0.29) is 11.5 Å². The van der Waals surface area contributed by atoms with Crippen molar-refractivity contribution in [1.29, 1.82) is 0 Å². The highest BCUT2D eigenvalue weighted by molar-refractivity contribution is 9.10. The van der Waals surface area contributed by atoms with Crippen molar-refractivity contribution in [3.8, 4) is 0 Å². The minimum absolute atomic E-state index is 0.180. The average Bonchev–Trinajstić information content (AvgIpc) is 2.94. The van der Waals surface area contributed by atoms with Gasteiger partial charge in [0.2, 0.25) is 0 Å². The largest absolute Gasteiger partial charge is 0.449 e. The molecule has 1 saturated heterocycles. The molecule has 108 valence electrons. The van der Waals surface area contributed by atoms with Gasteiger partial charge in [0, 0.05) is 17.6 Å². The highest BCUT2D eigenvalue weighted by Gasteiger charge is 2.27. The second-order valence-corrected chi connectivity index (χ2v) is 5.62. The number of carbonyl (C=O) groups is 2. The number of nitrogens with zero attached hydrogens (tertiary/aromatic N) is 1. The standard InChI is InChI=1S/C14H15BrFNO3/c1-9(13(18)17-6-2-3-7-17)20-14(19)11-8-10(15)4-5-12(11)16/h4-5,8-9H,2-3,6-7H2,1H3. The Labute approximate surface area is 125 Å². The lowest BCUT2D eigenvalue weighted by atomic mass is 10.2. The zero-order valence-electron chi connectivity index (χ0n) is 11.1. The van der Waals surface area contributed by atoms with Crippen LogP contribution in [0.25, 0.3) is 0 Å². The van der Waals surface area contributed by atoms with Gasteiger partial charge in [0.25, 0.3) is 5.91 Å². The molecule has 6 heteroatoms. The molecule has 1 heterocycles. The molecule has 0 N–H and O–H groups in total. The fourth-order valence-electron chi connectivity index (χ4n) is 2.12. The molecule has 1 fully saturated rings. The van der Waals surface area contributed by atoms with Crippen LogP contribution in [0, 0.1) is 5.82 Å². The molecule has 0 aromatic heterocycles. The smallest absolute Gasteiger partial charge is 0.341 e. The van der Waals surface area contributed by atoms with Gasteiger partial charge in [0.1, 0.15) is 5.82 Å². The number of likely N-dealkylation sites (tertiary alicyclic amines) is 1. The maximum Gasteiger partial charge on any atom is 0.341 e. The Kier molecular flexibility index (Phi) is 4.75. The van der Waals surface area contributed by atoms with E-state index in [1.54, 1.807) is 4.90 Å². The van der Waals surface area contributed by atoms with E-state index in [1.807, 2.05) is 0 Å². The van der Waals surface area contributed by atoms with Gasteiger partial charge in [-0.3, -0.25) is 4.79 Å². The van der Waals surface area contributed by atoms with Crippen LogP contribution < -0.4 is 0 Å². The van der Waals surface area contributed by atoms with E-state index in [1.165, 1.54) is 25.1 Å². The van der Waals surface area contributed by atoms with Gasteiger partial charge in [-0.25, -0.2) is 9.18 Å². The summed E-state index contributed by atoms with van der Waals surface area (Å²) >= 11 is 3.16. The van der Waals surface area contributed by atoms with Crippen LogP contribution in [-0.4, -0.2) is 36.0 Å². The zero-order chi connectivity index (χ0) is 14.7. The Hall–Kier alpha value is -1.43.